The molecule has 0 heterocycles. The van der Waals surface area contributed by atoms with Crippen molar-refractivity contribution >= 4 is 5.97 Å². The van der Waals surface area contributed by atoms with Crippen LogP contribution in [0.3, 0.4) is 0 Å². The predicted molar refractivity (Wildman–Crippen MR) is 85.9 cm³/mol. The average molecular weight is 299 g/mol. The molecule has 4 nitrogen and oxygen atoms in total. The Labute approximate surface area is 130 Å². The summed E-state index contributed by atoms with van der Waals surface area (Å²) < 4.78 is 5.82. The van der Waals surface area contributed by atoms with E-state index in [2.05, 4.69) is 24.4 Å². The van der Waals surface area contributed by atoms with Gasteiger partial charge in [-0.15, -0.1) is 0 Å². The molecular formula is C18H21NO3. The van der Waals surface area contributed by atoms with E-state index in [0.29, 0.717) is 13.2 Å². The molecular weight excluding hydrogens is 278 g/mol. The molecule has 0 bridgehead atoms. The number of ether oxygens (including phenoxy) is 1. The second-order valence-corrected chi connectivity index (χ2v) is 5.30. The van der Waals surface area contributed by atoms with Gasteiger partial charge in [0.1, 0.15) is 18.4 Å². The molecule has 0 saturated heterocycles. The molecule has 0 spiro atoms. The number of hydrogen-bond donors (Lipinski definition) is 2. The van der Waals surface area contributed by atoms with Crippen molar-refractivity contribution in [3.8, 4) is 5.75 Å². The van der Waals surface area contributed by atoms with E-state index in [1.54, 1.807) is 6.92 Å². The minimum Gasteiger partial charge on any atom is -0.489 e. The quantitative estimate of drug-likeness (QED) is 0.824. The normalized spacial score (nSPS) is 11.9. The molecule has 0 aliphatic heterocycles. The monoisotopic (exact) mass is 299 g/mol. The van der Waals surface area contributed by atoms with E-state index < -0.39 is 12.0 Å². The van der Waals surface area contributed by atoms with Crippen LogP contribution in [0.25, 0.3) is 0 Å². The lowest BCUT2D eigenvalue weighted by atomic mass is 10.1. The molecule has 0 amide bonds. The lowest BCUT2D eigenvalue weighted by molar-refractivity contribution is -0.139. The van der Waals surface area contributed by atoms with Gasteiger partial charge in [0.05, 0.1) is 0 Å². The van der Waals surface area contributed by atoms with Crippen LogP contribution in [0.1, 0.15) is 23.6 Å². The van der Waals surface area contributed by atoms with E-state index in [4.69, 9.17) is 9.84 Å². The minimum absolute atomic E-state index is 0.495. The number of aryl methyl sites for hydroxylation is 1. The highest BCUT2D eigenvalue weighted by Gasteiger charge is 2.09. The van der Waals surface area contributed by atoms with Crippen molar-refractivity contribution in [3.05, 3.63) is 65.2 Å². The van der Waals surface area contributed by atoms with Crippen LogP contribution < -0.4 is 10.1 Å². The minimum atomic E-state index is -0.855. The summed E-state index contributed by atoms with van der Waals surface area (Å²) in [4.78, 5) is 10.8. The first-order valence-corrected chi connectivity index (χ1v) is 7.28. The first-order valence-electron chi connectivity index (χ1n) is 7.28. The molecule has 0 aliphatic carbocycles. The Balaban J connectivity index is 1.94. The highest BCUT2D eigenvalue weighted by molar-refractivity contribution is 5.72. The van der Waals surface area contributed by atoms with Gasteiger partial charge in [0.2, 0.25) is 0 Å². The zero-order valence-corrected chi connectivity index (χ0v) is 12.9. The number of carboxylic acids is 1. The number of aliphatic carboxylic acids is 1. The Hall–Kier alpha value is -2.33. The van der Waals surface area contributed by atoms with Gasteiger partial charge >= 0.3 is 5.97 Å². The van der Waals surface area contributed by atoms with Gasteiger partial charge in [0.15, 0.2) is 0 Å². The van der Waals surface area contributed by atoms with Crippen LogP contribution in [-0.2, 0) is 17.9 Å². The van der Waals surface area contributed by atoms with Gasteiger partial charge in [-0.2, -0.15) is 0 Å². The fourth-order valence-corrected chi connectivity index (χ4v) is 2.04. The number of carboxylic acid groups (broad SMARTS) is 1. The second-order valence-electron chi connectivity index (χ2n) is 5.30. The third-order valence-corrected chi connectivity index (χ3v) is 3.54. The lowest BCUT2D eigenvalue weighted by Crippen LogP contribution is -2.33. The predicted octanol–water partition coefficient (Wildman–Crippen LogP) is 3.14. The number of nitrogens with one attached hydrogen (secondary N) is 1. The Morgan fingerprint density at radius 3 is 2.73 bits per heavy atom. The van der Waals surface area contributed by atoms with Gasteiger partial charge in [-0.25, -0.2) is 0 Å². The Morgan fingerprint density at radius 1 is 1.23 bits per heavy atom. The maximum Gasteiger partial charge on any atom is 0.320 e. The average Bonchev–Trinajstić information content (AvgIpc) is 2.52. The molecule has 0 radical (unpaired) electrons. The molecule has 2 rings (SSSR count). The maximum absolute atomic E-state index is 10.8. The van der Waals surface area contributed by atoms with E-state index in [1.807, 2.05) is 36.4 Å². The van der Waals surface area contributed by atoms with Crippen LogP contribution in [0.15, 0.2) is 48.5 Å². The standard InChI is InChI=1S/C18H21NO3/c1-13-6-3-4-8-16(13)12-22-17-9-5-7-15(10-17)11-19-14(2)18(20)21/h3-10,14,19H,11-12H2,1-2H3,(H,20,21). The summed E-state index contributed by atoms with van der Waals surface area (Å²) in [5, 5.41) is 11.8. The van der Waals surface area contributed by atoms with Crippen LogP contribution >= 0.6 is 0 Å². The Kier molecular flexibility index (Phi) is 5.55. The zero-order valence-electron chi connectivity index (χ0n) is 12.9. The SMILES string of the molecule is Cc1ccccc1COc1cccc(CNC(C)C(=O)O)c1. The summed E-state index contributed by atoms with van der Waals surface area (Å²) in [6, 6.07) is 15.2. The third kappa shape index (κ3) is 4.60. The molecule has 1 atom stereocenters. The molecule has 2 N–H and O–H groups in total. The topological polar surface area (TPSA) is 58.6 Å². The fourth-order valence-electron chi connectivity index (χ4n) is 2.04. The van der Waals surface area contributed by atoms with E-state index in [9.17, 15) is 4.79 Å². The largest absolute Gasteiger partial charge is 0.489 e. The molecule has 1 unspecified atom stereocenters. The summed E-state index contributed by atoms with van der Waals surface area (Å²) in [5.74, 6) is -0.0718. The molecule has 4 heteroatoms. The van der Waals surface area contributed by atoms with Crippen molar-refractivity contribution in [1.29, 1.82) is 0 Å². The van der Waals surface area contributed by atoms with Crippen molar-refractivity contribution in [2.75, 3.05) is 0 Å². The summed E-state index contributed by atoms with van der Waals surface area (Å²) in [7, 11) is 0. The Morgan fingerprint density at radius 2 is 2.00 bits per heavy atom. The van der Waals surface area contributed by atoms with Crippen LogP contribution in [-0.4, -0.2) is 17.1 Å². The second kappa shape index (κ2) is 7.61. The van der Waals surface area contributed by atoms with Gasteiger partial charge in [0.25, 0.3) is 0 Å². The fraction of sp³-hybridized carbons (Fsp3) is 0.278. The lowest BCUT2D eigenvalue weighted by Gasteiger charge is -2.12. The molecule has 2 aromatic rings. The van der Waals surface area contributed by atoms with Crippen molar-refractivity contribution < 1.29 is 14.6 Å². The molecule has 0 saturated carbocycles. The van der Waals surface area contributed by atoms with Gasteiger partial charge in [-0.3, -0.25) is 4.79 Å². The van der Waals surface area contributed by atoms with Gasteiger partial charge in [0, 0.05) is 6.54 Å². The summed E-state index contributed by atoms with van der Waals surface area (Å²) in [6.45, 7) is 4.71. The van der Waals surface area contributed by atoms with Crippen LogP contribution in [0, 0.1) is 6.92 Å². The van der Waals surface area contributed by atoms with Crippen LogP contribution in [0.2, 0.25) is 0 Å². The van der Waals surface area contributed by atoms with Gasteiger partial charge < -0.3 is 15.2 Å². The third-order valence-electron chi connectivity index (χ3n) is 3.54. The molecule has 2 aromatic carbocycles. The number of hydrogen-bond acceptors (Lipinski definition) is 3. The Bertz CT molecular complexity index is 640. The van der Waals surface area contributed by atoms with Crippen molar-refractivity contribution in [1.82, 2.24) is 5.32 Å². The van der Waals surface area contributed by atoms with Gasteiger partial charge in [-0.05, 0) is 42.7 Å². The van der Waals surface area contributed by atoms with Crippen LogP contribution in [0.4, 0.5) is 0 Å². The van der Waals surface area contributed by atoms with E-state index in [-0.39, 0.29) is 0 Å². The molecule has 0 aliphatic rings. The van der Waals surface area contributed by atoms with Crippen molar-refractivity contribution in [2.45, 2.75) is 33.0 Å². The highest BCUT2D eigenvalue weighted by Crippen LogP contribution is 2.16. The number of benzene rings is 2. The first kappa shape index (κ1) is 16.0. The van der Waals surface area contributed by atoms with E-state index in [1.165, 1.54) is 5.56 Å². The maximum atomic E-state index is 10.8. The number of carbonyl (C=O) groups is 1. The van der Waals surface area contributed by atoms with Crippen molar-refractivity contribution in [3.63, 3.8) is 0 Å². The van der Waals surface area contributed by atoms with Crippen LogP contribution in [0.5, 0.6) is 5.75 Å². The van der Waals surface area contributed by atoms with E-state index >= 15 is 0 Å². The highest BCUT2D eigenvalue weighted by atomic mass is 16.5. The summed E-state index contributed by atoms with van der Waals surface area (Å²) >= 11 is 0. The molecule has 116 valence electrons. The summed E-state index contributed by atoms with van der Waals surface area (Å²) in [5.41, 5.74) is 3.36. The molecule has 0 aromatic heterocycles. The van der Waals surface area contributed by atoms with E-state index in [0.717, 1.165) is 16.9 Å². The molecule has 0 fully saturated rings. The smallest absolute Gasteiger partial charge is 0.320 e. The van der Waals surface area contributed by atoms with Gasteiger partial charge in [-0.1, -0.05) is 36.4 Å². The first-order chi connectivity index (χ1) is 10.6. The number of rotatable bonds is 7. The molecule has 22 heavy (non-hydrogen) atoms. The zero-order chi connectivity index (χ0) is 15.9. The summed E-state index contributed by atoms with van der Waals surface area (Å²) in [6.07, 6.45) is 0. The van der Waals surface area contributed by atoms with Crippen molar-refractivity contribution in [2.24, 2.45) is 0 Å².